The Bertz CT molecular complexity index is 489. The van der Waals surface area contributed by atoms with E-state index in [4.69, 9.17) is 5.73 Å². The molecule has 2 saturated heterocycles. The van der Waals surface area contributed by atoms with E-state index in [0.717, 1.165) is 12.8 Å². The molecule has 0 aromatic heterocycles. The molecule has 23 heavy (non-hydrogen) atoms. The molecule has 6 nitrogen and oxygen atoms in total. The van der Waals surface area contributed by atoms with Gasteiger partial charge in [0.25, 0.3) is 0 Å². The SMILES string of the molecule is CC(C)(C)CC(=O)N1CSC[C@H]1C(=O)N1CCC[C@H](C(N)=O)C1. The molecule has 2 aliphatic heterocycles. The van der Waals surface area contributed by atoms with E-state index in [2.05, 4.69) is 0 Å². The second kappa shape index (κ2) is 7.11. The van der Waals surface area contributed by atoms with Crippen molar-refractivity contribution < 1.29 is 14.4 Å². The average Bonchev–Trinajstić information content (AvgIpc) is 2.94. The first-order valence-corrected chi connectivity index (χ1v) is 9.30. The van der Waals surface area contributed by atoms with E-state index in [1.54, 1.807) is 21.6 Å². The highest BCUT2D eigenvalue weighted by molar-refractivity contribution is 7.99. The summed E-state index contributed by atoms with van der Waals surface area (Å²) in [7, 11) is 0. The second-order valence-corrected chi connectivity index (χ2v) is 8.64. The van der Waals surface area contributed by atoms with Gasteiger partial charge < -0.3 is 15.5 Å². The number of nitrogens with two attached hydrogens (primary N) is 1. The quantitative estimate of drug-likeness (QED) is 0.831. The van der Waals surface area contributed by atoms with Gasteiger partial charge in [-0.1, -0.05) is 20.8 Å². The average molecular weight is 341 g/mol. The van der Waals surface area contributed by atoms with Crippen LogP contribution in [-0.4, -0.2) is 58.3 Å². The van der Waals surface area contributed by atoms with Crippen molar-refractivity contribution in [3.05, 3.63) is 0 Å². The number of piperidine rings is 1. The number of amides is 3. The lowest BCUT2D eigenvalue weighted by molar-refractivity contribution is -0.146. The Morgan fingerprint density at radius 3 is 2.57 bits per heavy atom. The van der Waals surface area contributed by atoms with Crippen LogP contribution in [0.15, 0.2) is 0 Å². The van der Waals surface area contributed by atoms with Crippen LogP contribution >= 0.6 is 11.8 Å². The molecule has 0 unspecified atom stereocenters. The van der Waals surface area contributed by atoms with Crippen molar-refractivity contribution in [2.24, 2.45) is 17.1 Å². The van der Waals surface area contributed by atoms with Crippen LogP contribution < -0.4 is 5.73 Å². The van der Waals surface area contributed by atoms with Crippen LogP contribution in [0.3, 0.4) is 0 Å². The third kappa shape index (κ3) is 4.62. The molecule has 0 bridgehead atoms. The lowest BCUT2D eigenvalue weighted by Crippen LogP contribution is -2.53. The molecule has 2 aliphatic rings. The molecule has 130 valence electrons. The van der Waals surface area contributed by atoms with Gasteiger partial charge in [0.05, 0.1) is 11.8 Å². The van der Waals surface area contributed by atoms with Crippen LogP contribution in [0, 0.1) is 11.3 Å². The van der Waals surface area contributed by atoms with Crippen LogP contribution in [-0.2, 0) is 14.4 Å². The van der Waals surface area contributed by atoms with Crippen molar-refractivity contribution in [1.82, 2.24) is 9.80 Å². The lowest BCUT2D eigenvalue weighted by atomic mass is 9.91. The minimum absolute atomic E-state index is 0.0318. The molecule has 0 saturated carbocycles. The number of hydrogen-bond acceptors (Lipinski definition) is 4. The van der Waals surface area contributed by atoms with Gasteiger partial charge in [0.15, 0.2) is 0 Å². The molecule has 0 aromatic carbocycles. The third-order valence-corrected chi connectivity index (χ3v) is 5.32. The fourth-order valence-electron chi connectivity index (χ4n) is 3.07. The first-order valence-electron chi connectivity index (χ1n) is 8.14. The van der Waals surface area contributed by atoms with Gasteiger partial charge in [0.2, 0.25) is 17.7 Å². The fourth-order valence-corrected chi connectivity index (χ4v) is 4.24. The largest absolute Gasteiger partial charge is 0.369 e. The number of hydrogen-bond donors (Lipinski definition) is 1. The van der Waals surface area contributed by atoms with Gasteiger partial charge in [-0.3, -0.25) is 14.4 Å². The molecule has 2 heterocycles. The lowest BCUT2D eigenvalue weighted by Gasteiger charge is -2.35. The molecule has 2 fully saturated rings. The molecule has 0 aromatic rings. The Morgan fingerprint density at radius 2 is 1.96 bits per heavy atom. The number of nitrogens with zero attached hydrogens (tertiary/aromatic N) is 2. The van der Waals surface area contributed by atoms with Gasteiger partial charge in [-0.25, -0.2) is 0 Å². The number of primary amides is 1. The second-order valence-electron chi connectivity index (χ2n) is 7.64. The molecule has 2 atom stereocenters. The van der Waals surface area contributed by atoms with E-state index < -0.39 is 6.04 Å². The Kier molecular flexibility index (Phi) is 5.60. The molecule has 2 rings (SSSR count). The zero-order chi connectivity index (χ0) is 17.2. The van der Waals surface area contributed by atoms with Gasteiger partial charge in [0, 0.05) is 25.3 Å². The normalized spacial score (nSPS) is 25.5. The summed E-state index contributed by atoms with van der Waals surface area (Å²) in [6.07, 6.45) is 1.96. The maximum absolute atomic E-state index is 12.8. The van der Waals surface area contributed by atoms with Gasteiger partial charge in [-0.15, -0.1) is 11.8 Å². The number of carbonyl (C=O) groups excluding carboxylic acids is 3. The third-order valence-electron chi connectivity index (χ3n) is 4.30. The highest BCUT2D eigenvalue weighted by Gasteiger charge is 2.39. The van der Waals surface area contributed by atoms with Crippen LogP contribution in [0.25, 0.3) is 0 Å². The molecule has 0 radical (unpaired) electrons. The van der Waals surface area contributed by atoms with Crippen molar-refractivity contribution in [3.8, 4) is 0 Å². The predicted molar refractivity (Wildman–Crippen MR) is 90.5 cm³/mol. The van der Waals surface area contributed by atoms with Crippen molar-refractivity contribution in [2.75, 3.05) is 24.7 Å². The van der Waals surface area contributed by atoms with Crippen LogP contribution in [0.1, 0.15) is 40.0 Å². The zero-order valence-corrected chi connectivity index (χ0v) is 15.0. The van der Waals surface area contributed by atoms with Gasteiger partial charge >= 0.3 is 0 Å². The Morgan fingerprint density at radius 1 is 1.26 bits per heavy atom. The molecule has 3 amide bonds. The van der Waals surface area contributed by atoms with Crippen LogP contribution in [0.5, 0.6) is 0 Å². The van der Waals surface area contributed by atoms with E-state index >= 15 is 0 Å². The summed E-state index contributed by atoms with van der Waals surface area (Å²) < 4.78 is 0. The summed E-state index contributed by atoms with van der Waals surface area (Å²) in [6, 6.07) is -0.401. The maximum atomic E-state index is 12.8. The summed E-state index contributed by atoms with van der Waals surface area (Å²) in [5, 5.41) is 0. The summed E-state index contributed by atoms with van der Waals surface area (Å²) in [6.45, 7) is 7.09. The van der Waals surface area contributed by atoms with E-state index in [1.807, 2.05) is 20.8 Å². The van der Waals surface area contributed by atoms with Crippen molar-refractivity contribution >= 4 is 29.5 Å². The predicted octanol–water partition coefficient (Wildman–Crippen LogP) is 1.05. The summed E-state index contributed by atoms with van der Waals surface area (Å²) in [5.74, 6) is 0.585. The number of likely N-dealkylation sites (tertiary alicyclic amines) is 1. The Hall–Kier alpha value is -1.24. The van der Waals surface area contributed by atoms with Crippen LogP contribution in [0.4, 0.5) is 0 Å². The number of thioether (sulfide) groups is 1. The van der Waals surface area contributed by atoms with Crippen molar-refractivity contribution in [1.29, 1.82) is 0 Å². The molecule has 0 aliphatic carbocycles. The minimum Gasteiger partial charge on any atom is -0.369 e. The smallest absolute Gasteiger partial charge is 0.246 e. The maximum Gasteiger partial charge on any atom is 0.246 e. The van der Waals surface area contributed by atoms with Gasteiger partial charge in [-0.2, -0.15) is 0 Å². The Labute approximate surface area is 142 Å². The molecular weight excluding hydrogens is 314 g/mol. The minimum atomic E-state index is -0.401. The standard InChI is InChI=1S/C16H27N3O3S/c1-16(2,3)7-13(20)19-10-23-9-12(19)15(22)18-6-4-5-11(8-18)14(17)21/h11-12H,4-10H2,1-3H3,(H2,17,21)/t11-,12-/m0/s1. The molecule has 2 N–H and O–H groups in total. The van der Waals surface area contributed by atoms with Crippen molar-refractivity contribution in [3.63, 3.8) is 0 Å². The van der Waals surface area contributed by atoms with Crippen molar-refractivity contribution in [2.45, 2.75) is 46.1 Å². The Balaban J connectivity index is 2.02. The molecule has 7 heteroatoms. The first kappa shape index (κ1) is 18.1. The fraction of sp³-hybridized carbons (Fsp3) is 0.812. The summed E-state index contributed by atoms with van der Waals surface area (Å²) in [5.41, 5.74) is 5.29. The summed E-state index contributed by atoms with van der Waals surface area (Å²) >= 11 is 1.61. The zero-order valence-electron chi connectivity index (χ0n) is 14.2. The van der Waals surface area contributed by atoms with E-state index in [0.29, 0.717) is 31.1 Å². The van der Waals surface area contributed by atoms with E-state index in [1.165, 1.54) is 0 Å². The number of carbonyl (C=O) groups is 3. The summed E-state index contributed by atoms with van der Waals surface area (Å²) in [4.78, 5) is 40.1. The topological polar surface area (TPSA) is 83.7 Å². The van der Waals surface area contributed by atoms with Crippen LogP contribution in [0.2, 0.25) is 0 Å². The van der Waals surface area contributed by atoms with Gasteiger partial charge in [-0.05, 0) is 18.3 Å². The highest BCUT2D eigenvalue weighted by atomic mass is 32.2. The molecular formula is C16H27N3O3S. The number of rotatable bonds is 3. The highest BCUT2D eigenvalue weighted by Crippen LogP contribution is 2.28. The van der Waals surface area contributed by atoms with E-state index in [9.17, 15) is 14.4 Å². The van der Waals surface area contributed by atoms with Gasteiger partial charge in [0.1, 0.15) is 6.04 Å². The molecule has 0 spiro atoms. The first-order chi connectivity index (χ1) is 10.7. The monoisotopic (exact) mass is 341 g/mol. The van der Waals surface area contributed by atoms with E-state index in [-0.39, 0.29) is 29.1 Å².